The molecule has 0 aliphatic carbocycles. The van der Waals surface area contributed by atoms with Gasteiger partial charge in [-0.15, -0.1) is 0 Å². The Balaban J connectivity index is 2.84. The fourth-order valence-electron chi connectivity index (χ4n) is 1.52. The summed E-state index contributed by atoms with van der Waals surface area (Å²) in [5.74, 6) is -2.78. The number of hydrogen-bond acceptors (Lipinski definition) is 4. The number of nitriles is 1. The molecule has 1 aromatic carbocycles. The molecule has 110 valence electrons. The van der Waals surface area contributed by atoms with Crippen molar-refractivity contribution in [2.45, 2.75) is 12.5 Å². The minimum atomic E-state index is -1.53. The van der Waals surface area contributed by atoms with Gasteiger partial charge in [-0.05, 0) is 18.2 Å². The number of amides is 2. The largest absolute Gasteiger partial charge is 0.481 e. The Kier molecular flexibility index (Phi) is 5.25. The summed E-state index contributed by atoms with van der Waals surface area (Å²) >= 11 is 0. The van der Waals surface area contributed by atoms with Crippen molar-refractivity contribution in [1.82, 2.24) is 5.32 Å². The molecule has 0 saturated heterocycles. The zero-order valence-electron chi connectivity index (χ0n) is 11.1. The third-order valence-corrected chi connectivity index (χ3v) is 2.64. The summed E-state index contributed by atoms with van der Waals surface area (Å²) in [4.78, 5) is 34.5. The number of benzene rings is 1. The van der Waals surface area contributed by atoms with Gasteiger partial charge in [0, 0.05) is 12.7 Å². The molecular formula is C13H13N3O5. The summed E-state index contributed by atoms with van der Waals surface area (Å²) in [5.41, 5.74) is 0.721. The molecule has 8 heteroatoms. The van der Waals surface area contributed by atoms with Crippen LogP contribution in [0.5, 0.6) is 0 Å². The topological polar surface area (TPSA) is 131 Å². The molecular weight excluding hydrogens is 278 g/mol. The number of nitrogens with one attached hydrogen (secondary N) is 1. The van der Waals surface area contributed by atoms with E-state index in [0.29, 0.717) is 11.3 Å². The second-order valence-electron chi connectivity index (χ2n) is 4.16. The summed E-state index contributed by atoms with van der Waals surface area (Å²) < 4.78 is 0. The van der Waals surface area contributed by atoms with Crippen LogP contribution in [0.4, 0.5) is 10.5 Å². The van der Waals surface area contributed by atoms with Gasteiger partial charge in [-0.1, -0.05) is 6.07 Å². The average Bonchev–Trinajstić information content (AvgIpc) is 2.45. The Morgan fingerprint density at radius 1 is 1.38 bits per heavy atom. The van der Waals surface area contributed by atoms with Crippen molar-refractivity contribution in [3.05, 3.63) is 29.8 Å². The van der Waals surface area contributed by atoms with Crippen molar-refractivity contribution in [3.63, 3.8) is 0 Å². The number of anilines is 1. The number of hydrogen-bond donors (Lipinski definition) is 3. The van der Waals surface area contributed by atoms with Crippen LogP contribution in [0.15, 0.2) is 24.3 Å². The van der Waals surface area contributed by atoms with E-state index in [9.17, 15) is 14.4 Å². The minimum Gasteiger partial charge on any atom is -0.481 e. The molecule has 0 bridgehead atoms. The van der Waals surface area contributed by atoms with Crippen LogP contribution in [0.3, 0.4) is 0 Å². The molecule has 3 N–H and O–H groups in total. The van der Waals surface area contributed by atoms with Crippen LogP contribution in [0.25, 0.3) is 0 Å². The van der Waals surface area contributed by atoms with E-state index in [1.165, 1.54) is 13.1 Å². The maximum atomic E-state index is 11.9. The van der Waals surface area contributed by atoms with E-state index < -0.39 is 30.4 Å². The summed E-state index contributed by atoms with van der Waals surface area (Å²) in [6.45, 7) is 0. The molecule has 0 aliphatic rings. The SMILES string of the molecule is CN(C(=O)N[C@H](CC(=O)O)C(=O)O)c1cccc(C#N)c1. The van der Waals surface area contributed by atoms with Gasteiger partial charge in [-0.25, -0.2) is 9.59 Å². The number of carbonyl (C=O) groups excluding carboxylic acids is 1. The van der Waals surface area contributed by atoms with E-state index in [1.807, 2.05) is 6.07 Å². The molecule has 0 spiro atoms. The number of carboxylic acid groups (broad SMARTS) is 2. The highest BCUT2D eigenvalue weighted by atomic mass is 16.4. The lowest BCUT2D eigenvalue weighted by atomic mass is 10.2. The molecule has 0 heterocycles. The average molecular weight is 291 g/mol. The van der Waals surface area contributed by atoms with Gasteiger partial charge >= 0.3 is 18.0 Å². The molecule has 1 aromatic rings. The molecule has 0 unspecified atom stereocenters. The highest BCUT2D eigenvalue weighted by molar-refractivity contribution is 5.95. The monoisotopic (exact) mass is 291 g/mol. The number of urea groups is 1. The van der Waals surface area contributed by atoms with Gasteiger partial charge in [0.15, 0.2) is 0 Å². The Hall–Kier alpha value is -3.08. The van der Waals surface area contributed by atoms with Crippen LogP contribution < -0.4 is 10.2 Å². The lowest BCUT2D eigenvalue weighted by Crippen LogP contribution is -2.47. The second-order valence-corrected chi connectivity index (χ2v) is 4.16. The predicted molar refractivity (Wildman–Crippen MR) is 71.8 cm³/mol. The Labute approximate surface area is 120 Å². The first kappa shape index (κ1) is 16.0. The molecule has 2 amide bonds. The first-order valence-electron chi connectivity index (χ1n) is 5.84. The fourth-order valence-corrected chi connectivity index (χ4v) is 1.52. The highest BCUT2D eigenvalue weighted by Crippen LogP contribution is 2.14. The van der Waals surface area contributed by atoms with Gasteiger partial charge in [0.25, 0.3) is 0 Å². The Morgan fingerprint density at radius 3 is 2.57 bits per heavy atom. The van der Waals surface area contributed by atoms with Crippen LogP contribution in [0.1, 0.15) is 12.0 Å². The quantitative estimate of drug-likeness (QED) is 0.729. The maximum Gasteiger partial charge on any atom is 0.326 e. The number of rotatable bonds is 5. The molecule has 0 aromatic heterocycles. The van der Waals surface area contributed by atoms with Gasteiger partial charge in [-0.3, -0.25) is 9.69 Å². The zero-order valence-corrected chi connectivity index (χ0v) is 11.1. The van der Waals surface area contributed by atoms with Gasteiger partial charge in [-0.2, -0.15) is 5.26 Å². The van der Waals surface area contributed by atoms with Crippen LogP contribution in [0.2, 0.25) is 0 Å². The lowest BCUT2D eigenvalue weighted by molar-refractivity contribution is -0.145. The first-order chi connectivity index (χ1) is 9.85. The molecule has 0 radical (unpaired) electrons. The predicted octanol–water partition coefficient (Wildman–Crippen LogP) is 0.632. The number of carboxylic acids is 2. The number of nitrogens with zero attached hydrogens (tertiary/aromatic N) is 2. The highest BCUT2D eigenvalue weighted by Gasteiger charge is 2.24. The van der Waals surface area contributed by atoms with Crippen molar-refractivity contribution in [2.24, 2.45) is 0 Å². The fraction of sp³-hybridized carbons (Fsp3) is 0.231. The second kappa shape index (κ2) is 6.91. The van der Waals surface area contributed by atoms with E-state index in [-0.39, 0.29) is 0 Å². The van der Waals surface area contributed by atoms with Crippen molar-refractivity contribution in [2.75, 3.05) is 11.9 Å². The van der Waals surface area contributed by atoms with Crippen LogP contribution in [-0.2, 0) is 9.59 Å². The van der Waals surface area contributed by atoms with Gasteiger partial charge in [0.05, 0.1) is 18.1 Å². The summed E-state index contributed by atoms with van der Waals surface area (Å²) in [6, 6.07) is 5.75. The minimum absolute atomic E-state index is 0.340. The number of carbonyl (C=O) groups is 3. The summed E-state index contributed by atoms with van der Waals surface area (Å²) in [5, 5.41) is 28.4. The molecule has 21 heavy (non-hydrogen) atoms. The molecule has 1 rings (SSSR count). The van der Waals surface area contributed by atoms with Gasteiger partial charge in [0.1, 0.15) is 6.04 Å². The van der Waals surface area contributed by atoms with Crippen molar-refractivity contribution in [1.29, 1.82) is 5.26 Å². The van der Waals surface area contributed by atoms with E-state index in [4.69, 9.17) is 15.5 Å². The lowest BCUT2D eigenvalue weighted by Gasteiger charge is -2.20. The smallest absolute Gasteiger partial charge is 0.326 e. The number of aliphatic carboxylic acids is 2. The van der Waals surface area contributed by atoms with Crippen molar-refractivity contribution >= 4 is 23.7 Å². The molecule has 8 nitrogen and oxygen atoms in total. The van der Waals surface area contributed by atoms with E-state index in [0.717, 1.165) is 4.90 Å². The summed E-state index contributed by atoms with van der Waals surface area (Å²) in [6.07, 6.45) is -0.729. The Bertz CT molecular complexity index is 608. The van der Waals surface area contributed by atoms with E-state index in [2.05, 4.69) is 5.32 Å². The summed E-state index contributed by atoms with van der Waals surface area (Å²) in [7, 11) is 1.38. The van der Waals surface area contributed by atoms with Crippen LogP contribution in [-0.4, -0.2) is 41.3 Å². The Morgan fingerprint density at radius 2 is 2.05 bits per heavy atom. The zero-order chi connectivity index (χ0) is 16.0. The third kappa shape index (κ3) is 4.50. The van der Waals surface area contributed by atoms with E-state index >= 15 is 0 Å². The van der Waals surface area contributed by atoms with Gasteiger partial charge in [0.2, 0.25) is 0 Å². The van der Waals surface area contributed by atoms with Crippen LogP contribution in [0, 0.1) is 11.3 Å². The van der Waals surface area contributed by atoms with Crippen molar-refractivity contribution < 1.29 is 24.6 Å². The maximum absolute atomic E-state index is 11.9. The van der Waals surface area contributed by atoms with E-state index in [1.54, 1.807) is 18.2 Å². The standard InChI is InChI=1S/C13H13N3O5/c1-16(9-4-2-3-8(5-9)7-14)13(21)15-10(12(19)20)6-11(17)18/h2-5,10H,6H2,1H3,(H,15,21)(H,17,18)(H,19,20)/t10-/m1/s1. The van der Waals surface area contributed by atoms with Crippen LogP contribution >= 0.6 is 0 Å². The molecule has 0 saturated carbocycles. The van der Waals surface area contributed by atoms with Gasteiger partial charge < -0.3 is 15.5 Å². The molecule has 0 fully saturated rings. The normalized spacial score (nSPS) is 11.0. The first-order valence-corrected chi connectivity index (χ1v) is 5.84. The molecule has 0 aliphatic heterocycles. The molecule has 1 atom stereocenters. The van der Waals surface area contributed by atoms with Crippen molar-refractivity contribution in [3.8, 4) is 6.07 Å². The third-order valence-electron chi connectivity index (χ3n) is 2.64.